The molecule has 0 aliphatic carbocycles. The van der Waals surface area contributed by atoms with Crippen molar-refractivity contribution in [1.29, 1.82) is 0 Å². The smallest absolute Gasteiger partial charge is 0.236 e. The molecule has 1 unspecified atom stereocenters. The number of methoxy groups -OCH3 is 1. The zero-order valence-electron chi connectivity index (χ0n) is 9.27. The second-order valence-electron chi connectivity index (χ2n) is 3.82. The predicted octanol–water partition coefficient (Wildman–Crippen LogP) is 1.17. The fourth-order valence-electron chi connectivity index (χ4n) is 1.87. The molecule has 0 bridgehead atoms. The number of likely N-dealkylation sites (N-methyl/N-ethyl adjacent to an activating group) is 1. The van der Waals surface area contributed by atoms with E-state index in [2.05, 4.69) is 0 Å². The number of amides is 2. The molecule has 1 aliphatic heterocycles. The molecule has 1 saturated heterocycles. The Bertz CT molecular complexity index is 442. The average Bonchev–Trinajstić information content (AvgIpc) is 2.57. The largest absolute Gasteiger partial charge is 0.497 e. The molecular formula is C12H13NO3. The lowest BCUT2D eigenvalue weighted by atomic mass is 9.97. The molecule has 0 N–H and O–H groups in total. The summed E-state index contributed by atoms with van der Waals surface area (Å²) in [6.07, 6.45) is 0.252. The van der Waals surface area contributed by atoms with Gasteiger partial charge in [0.1, 0.15) is 5.75 Å². The van der Waals surface area contributed by atoms with E-state index in [0.29, 0.717) is 5.75 Å². The Morgan fingerprint density at radius 1 is 1.38 bits per heavy atom. The van der Waals surface area contributed by atoms with Crippen LogP contribution in [-0.2, 0) is 9.59 Å². The Morgan fingerprint density at radius 3 is 2.69 bits per heavy atom. The number of carbonyl (C=O) groups excluding carboxylic acids is 2. The van der Waals surface area contributed by atoms with Gasteiger partial charge in [0, 0.05) is 13.5 Å². The van der Waals surface area contributed by atoms with E-state index in [0.717, 1.165) is 5.56 Å². The summed E-state index contributed by atoms with van der Waals surface area (Å²) in [7, 11) is 3.09. The van der Waals surface area contributed by atoms with Crippen molar-refractivity contribution < 1.29 is 14.3 Å². The molecule has 1 aliphatic rings. The lowest BCUT2D eigenvalue weighted by molar-refractivity contribution is -0.137. The standard InChI is InChI=1S/C12H13NO3/c1-13-11(14)7-10(12(13)15)8-4-3-5-9(6-8)16-2/h3-6,10H,7H2,1-2H3. The summed E-state index contributed by atoms with van der Waals surface area (Å²) in [5.74, 6) is 0.0796. The van der Waals surface area contributed by atoms with Crippen molar-refractivity contribution in [2.75, 3.05) is 14.2 Å². The number of carbonyl (C=O) groups is 2. The Kier molecular flexibility index (Phi) is 2.64. The van der Waals surface area contributed by atoms with Crippen LogP contribution in [0.2, 0.25) is 0 Å². The maximum atomic E-state index is 11.8. The molecule has 1 aromatic carbocycles. The van der Waals surface area contributed by atoms with E-state index in [1.807, 2.05) is 18.2 Å². The van der Waals surface area contributed by atoms with Gasteiger partial charge in [0.25, 0.3) is 0 Å². The van der Waals surface area contributed by atoms with Gasteiger partial charge in [-0.05, 0) is 17.7 Å². The van der Waals surface area contributed by atoms with Gasteiger partial charge in [0.15, 0.2) is 0 Å². The fraction of sp³-hybridized carbons (Fsp3) is 0.333. The van der Waals surface area contributed by atoms with Crippen molar-refractivity contribution in [3.05, 3.63) is 29.8 Å². The van der Waals surface area contributed by atoms with Crippen LogP contribution in [0.25, 0.3) is 0 Å². The minimum absolute atomic E-state index is 0.127. The molecule has 16 heavy (non-hydrogen) atoms. The number of hydrogen-bond acceptors (Lipinski definition) is 3. The van der Waals surface area contributed by atoms with Crippen molar-refractivity contribution in [3.8, 4) is 5.75 Å². The normalized spacial score (nSPS) is 20.4. The van der Waals surface area contributed by atoms with Gasteiger partial charge in [-0.15, -0.1) is 0 Å². The van der Waals surface area contributed by atoms with Crippen molar-refractivity contribution in [2.24, 2.45) is 0 Å². The third kappa shape index (κ3) is 1.66. The second kappa shape index (κ2) is 3.96. The predicted molar refractivity (Wildman–Crippen MR) is 58.1 cm³/mol. The molecule has 0 aromatic heterocycles. The lowest BCUT2D eigenvalue weighted by Crippen LogP contribution is -2.25. The summed E-state index contributed by atoms with van der Waals surface area (Å²) in [5, 5.41) is 0. The first kappa shape index (κ1) is 10.7. The van der Waals surface area contributed by atoms with Crippen LogP contribution >= 0.6 is 0 Å². The van der Waals surface area contributed by atoms with E-state index >= 15 is 0 Å². The maximum absolute atomic E-state index is 11.8. The van der Waals surface area contributed by atoms with Gasteiger partial charge in [-0.1, -0.05) is 12.1 Å². The SMILES string of the molecule is COc1cccc(C2CC(=O)N(C)C2=O)c1. The molecular weight excluding hydrogens is 206 g/mol. The zero-order chi connectivity index (χ0) is 11.7. The number of likely N-dealkylation sites (tertiary alicyclic amines) is 1. The van der Waals surface area contributed by atoms with Crippen molar-refractivity contribution in [1.82, 2.24) is 4.90 Å². The van der Waals surface area contributed by atoms with Gasteiger partial charge in [-0.25, -0.2) is 0 Å². The first-order chi connectivity index (χ1) is 7.63. The molecule has 2 amide bonds. The first-order valence-electron chi connectivity index (χ1n) is 5.08. The van der Waals surface area contributed by atoms with Crippen LogP contribution < -0.4 is 4.74 Å². The van der Waals surface area contributed by atoms with Crippen LogP contribution in [0, 0.1) is 0 Å². The summed E-state index contributed by atoms with van der Waals surface area (Å²) in [5.41, 5.74) is 0.835. The number of benzene rings is 1. The molecule has 4 heteroatoms. The van der Waals surface area contributed by atoms with Crippen molar-refractivity contribution in [3.63, 3.8) is 0 Å². The topological polar surface area (TPSA) is 46.6 Å². The minimum atomic E-state index is -0.354. The summed E-state index contributed by atoms with van der Waals surface area (Å²) < 4.78 is 5.09. The van der Waals surface area contributed by atoms with Gasteiger partial charge in [-0.2, -0.15) is 0 Å². The molecule has 1 heterocycles. The van der Waals surface area contributed by atoms with Crippen molar-refractivity contribution in [2.45, 2.75) is 12.3 Å². The highest BCUT2D eigenvalue weighted by Gasteiger charge is 2.36. The zero-order valence-corrected chi connectivity index (χ0v) is 9.27. The van der Waals surface area contributed by atoms with Crippen LogP contribution in [0.4, 0.5) is 0 Å². The molecule has 4 nitrogen and oxygen atoms in total. The van der Waals surface area contributed by atoms with E-state index in [1.165, 1.54) is 11.9 Å². The third-order valence-corrected chi connectivity index (χ3v) is 2.88. The average molecular weight is 219 g/mol. The summed E-state index contributed by atoms with van der Waals surface area (Å²) in [6, 6.07) is 7.28. The van der Waals surface area contributed by atoms with E-state index in [-0.39, 0.29) is 24.2 Å². The number of ether oxygens (including phenoxy) is 1. The Morgan fingerprint density at radius 2 is 2.12 bits per heavy atom. The summed E-state index contributed by atoms with van der Waals surface area (Å²) in [6.45, 7) is 0. The van der Waals surface area contributed by atoms with E-state index in [4.69, 9.17) is 4.74 Å². The minimum Gasteiger partial charge on any atom is -0.497 e. The van der Waals surface area contributed by atoms with Gasteiger partial charge in [-0.3, -0.25) is 14.5 Å². The summed E-state index contributed by atoms with van der Waals surface area (Å²) >= 11 is 0. The van der Waals surface area contributed by atoms with Gasteiger partial charge in [0.05, 0.1) is 13.0 Å². The number of imide groups is 1. The summed E-state index contributed by atoms with van der Waals surface area (Å²) in [4.78, 5) is 24.4. The van der Waals surface area contributed by atoms with Gasteiger partial charge < -0.3 is 4.74 Å². The highest BCUT2D eigenvalue weighted by molar-refractivity contribution is 6.05. The first-order valence-corrected chi connectivity index (χ1v) is 5.08. The third-order valence-electron chi connectivity index (χ3n) is 2.88. The van der Waals surface area contributed by atoms with Crippen LogP contribution in [0.15, 0.2) is 24.3 Å². The van der Waals surface area contributed by atoms with Crippen LogP contribution in [0.1, 0.15) is 17.9 Å². The Labute approximate surface area is 93.8 Å². The molecule has 2 rings (SSSR count). The highest BCUT2D eigenvalue weighted by atomic mass is 16.5. The fourth-order valence-corrected chi connectivity index (χ4v) is 1.87. The van der Waals surface area contributed by atoms with E-state index in [1.54, 1.807) is 13.2 Å². The quantitative estimate of drug-likeness (QED) is 0.701. The molecule has 0 spiro atoms. The molecule has 1 atom stereocenters. The second-order valence-corrected chi connectivity index (χ2v) is 3.82. The molecule has 0 radical (unpaired) electrons. The van der Waals surface area contributed by atoms with Crippen LogP contribution in [-0.4, -0.2) is 30.9 Å². The molecule has 1 fully saturated rings. The molecule has 1 aromatic rings. The van der Waals surface area contributed by atoms with E-state index in [9.17, 15) is 9.59 Å². The monoisotopic (exact) mass is 219 g/mol. The number of hydrogen-bond donors (Lipinski definition) is 0. The van der Waals surface area contributed by atoms with Gasteiger partial charge in [0.2, 0.25) is 11.8 Å². The maximum Gasteiger partial charge on any atom is 0.236 e. The molecule has 0 saturated carbocycles. The number of rotatable bonds is 2. The van der Waals surface area contributed by atoms with Crippen molar-refractivity contribution >= 4 is 11.8 Å². The van der Waals surface area contributed by atoms with Gasteiger partial charge >= 0.3 is 0 Å². The Balaban J connectivity index is 2.31. The van der Waals surface area contributed by atoms with E-state index < -0.39 is 0 Å². The van der Waals surface area contributed by atoms with Crippen LogP contribution in [0.3, 0.4) is 0 Å². The highest BCUT2D eigenvalue weighted by Crippen LogP contribution is 2.30. The Hall–Kier alpha value is -1.84. The lowest BCUT2D eigenvalue weighted by Gasteiger charge is -2.10. The van der Waals surface area contributed by atoms with Crippen LogP contribution in [0.5, 0.6) is 5.75 Å². The molecule has 84 valence electrons. The number of nitrogens with zero attached hydrogens (tertiary/aromatic N) is 1.